The van der Waals surface area contributed by atoms with Gasteiger partial charge in [-0.25, -0.2) is 0 Å². The van der Waals surface area contributed by atoms with Crippen molar-refractivity contribution in [2.24, 2.45) is 5.92 Å². The Balaban J connectivity index is 2.45. The molecule has 0 radical (unpaired) electrons. The van der Waals surface area contributed by atoms with Crippen molar-refractivity contribution in [3.8, 4) is 0 Å². The van der Waals surface area contributed by atoms with Gasteiger partial charge < -0.3 is 15.0 Å². The van der Waals surface area contributed by atoms with Gasteiger partial charge in [-0.1, -0.05) is 0 Å². The van der Waals surface area contributed by atoms with Crippen LogP contribution in [0, 0.1) is 5.92 Å². The Morgan fingerprint density at radius 3 is 2.65 bits per heavy atom. The molecule has 0 spiro atoms. The van der Waals surface area contributed by atoms with E-state index in [1.165, 1.54) is 0 Å². The maximum atomic E-state index is 12.2. The lowest BCUT2D eigenvalue weighted by Gasteiger charge is -2.32. The van der Waals surface area contributed by atoms with Gasteiger partial charge in [0.1, 0.15) is 0 Å². The lowest BCUT2D eigenvalue weighted by molar-refractivity contribution is -0.134. The number of ether oxygens (including phenoxy) is 1. The highest BCUT2D eigenvalue weighted by atomic mass is 16.5. The molecule has 2 atom stereocenters. The number of likely N-dealkylation sites (N-methyl/N-ethyl adjacent to an activating group) is 1. The lowest BCUT2D eigenvalue weighted by atomic mass is 9.92. The minimum Gasteiger partial charge on any atom is -0.381 e. The van der Waals surface area contributed by atoms with Crippen LogP contribution in [0.25, 0.3) is 0 Å². The molecule has 4 nitrogen and oxygen atoms in total. The monoisotopic (exact) mass is 242 g/mol. The average Bonchev–Trinajstić information content (AvgIpc) is 2.38. The third kappa shape index (κ3) is 4.28. The third-order valence-corrected chi connectivity index (χ3v) is 3.44. The molecule has 0 bridgehead atoms. The van der Waals surface area contributed by atoms with E-state index in [0.717, 1.165) is 45.7 Å². The van der Waals surface area contributed by atoms with Gasteiger partial charge in [0.2, 0.25) is 5.91 Å². The second-order valence-electron chi connectivity index (χ2n) is 4.57. The van der Waals surface area contributed by atoms with Crippen molar-refractivity contribution in [3.63, 3.8) is 0 Å². The summed E-state index contributed by atoms with van der Waals surface area (Å²) in [7, 11) is 0. The summed E-state index contributed by atoms with van der Waals surface area (Å²) >= 11 is 0. The fourth-order valence-corrected chi connectivity index (χ4v) is 2.38. The van der Waals surface area contributed by atoms with Crippen molar-refractivity contribution >= 4 is 5.91 Å². The molecule has 2 unspecified atom stereocenters. The summed E-state index contributed by atoms with van der Waals surface area (Å²) in [6, 6.07) is -0.00546. The molecule has 1 heterocycles. The summed E-state index contributed by atoms with van der Waals surface area (Å²) in [5.74, 6) is 0.775. The summed E-state index contributed by atoms with van der Waals surface area (Å²) < 4.78 is 5.46. The van der Waals surface area contributed by atoms with Gasteiger partial charge in [0, 0.05) is 26.3 Å². The summed E-state index contributed by atoms with van der Waals surface area (Å²) in [5.41, 5.74) is 0. The van der Waals surface area contributed by atoms with Gasteiger partial charge in [0.05, 0.1) is 6.04 Å². The first-order valence-corrected chi connectivity index (χ1v) is 6.82. The molecule has 0 aromatic carbocycles. The van der Waals surface area contributed by atoms with Gasteiger partial charge in [-0.05, 0) is 46.1 Å². The molecule has 100 valence electrons. The van der Waals surface area contributed by atoms with Crippen LogP contribution < -0.4 is 5.32 Å². The second kappa shape index (κ2) is 7.67. The lowest BCUT2D eigenvalue weighted by Crippen LogP contribution is -2.50. The quantitative estimate of drug-likeness (QED) is 0.762. The number of rotatable bonds is 6. The van der Waals surface area contributed by atoms with E-state index < -0.39 is 0 Å². The van der Waals surface area contributed by atoms with Crippen molar-refractivity contribution in [2.75, 3.05) is 32.8 Å². The van der Waals surface area contributed by atoms with Crippen molar-refractivity contribution < 1.29 is 9.53 Å². The van der Waals surface area contributed by atoms with Gasteiger partial charge in [0.25, 0.3) is 0 Å². The predicted molar refractivity (Wildman–Crippen MR) is 68.9 cm³/mol. The number of nitrogens with zero attached hydrogens (tertiary/aromatic N) is 1. The van der Waals surface area contributed by atoms with Gasteiger partial charge >= 0.3 is 0 Å². The van der Waals surface area contributed by atoms with Crippen LogP contribution in [0.1, 0.15) is 33.6 Å². The zero-order valence-electron chi connectivity index (χ0n) is 11.4. The van der Waals surface area contributed by atoms with Crippen molar-refractivity contribution in [3.05, 3.63) is 0 Å². The maximum Gasteiger partial charge on any atom is 0.239 e. The molecule has 1 rings (SSSR count). The first-order chi connectivity index (χ1) is 8.22. The summed E-state index contributed by atoms with van der Waals surface area (Å²) in [6.45, 7) is 10.1. The Kier molecular flexibility index (Phi) is 6.52. The highest BCUT2D eigenvalue weighted by Gasteiger charge is 2.28. The third-order valence-electron chi connectivity index (χ3n) is 3.44. The molecular formula is C13H26N2O2. The SMILES string of the molecule is CCOCC1CCNC(C(=O)N(CC)CC)C1. The van der Waals surface area contributed by atoms with Gasteiger partial charge in [-0.2, -0.15) is 0 Å². The van der Waals surface area contributed by atoms with E-state index in [1.807, 2.05) is 25.7 Å². The number of carbonyl (C=O) groups excluding carboxylic acids is 1. The van der Waals surface area contributed by atoms with E-state index in [-0.39, 0.29) is 11.9 Å². The zero-order chi connectivity index (χ0) is 12.7. The van der Waals surface area contributed by atoms with Gasteiger partial charge in [-0.3, -0.25) is 4.79 Å². The van der Waals surface area contributed by atoms with E-state index in [4.69, 9.17) is 4.74 Å². The molecule has 0 aromatic rings. The molecule has 0 saturated carbocycles. The molecule has 1 amide bonds. The van der Waals surface area contributed by atoms with Crippen LogP contribution in [0.4, 0.5) is 0 Å². The molecule has 1 aliphatic heterocycles. The van der Waals surface area contributed by atoms with Crippen LogP contribution in [-0.2, 0) is 9.53 Å². The molecule has 0 aliphatic carbocycles. The van der Waals surface area contributed by atoms with E-state index >= 15 is 0 Å². The van der Waals surface area contributed by atoms with Gasteiger partial charge in [0.15, 0.2) is 0 Å². The number of hydrogen-bond donors (Lipinski definition) is 1. The van der Waals surface area contributed by atoms with Gasteiger partial charge in [-0.15, -0.1) is 0 Å². The van der Waals surface area contributed by atoms with E-state index in [2.05, 4.69) is 5.32 Å². The first-order valence-electron chi connectivity index (χ1n) is 6.82. The Morgan fingerprint density at radius 1 is 1.35 bits per heavy atom. The van der Waals surface area contributed by atoms with Crippen LogP contribution in [-0.4, -0.2) is 49.7 Å². The number of carbonyl (C=O) groups is 1. The topological polar surface area (TPSA) is 41.6 Å². The van der Waals surface area contributed by atoms with Crippen LogP contribution in [0.5, 0.6) is 0 Å². The minimum absolute atomic E-state index is 0.00546. The van der Waals surface area contributed by atoms with Crippen LogP contribution in [0.2, 0.25) is 0 Å². The number of amides is 1. The second-order valence-corrected chi connectivity index (χ2v) is 4.57. The van der Waals surface area contributed by atoms with E-state index in [9.17, 15) is 4.79 Å². The van der Waals surface area contributed by atoms with E-state index in [1.54, 1.807) is 0 Å². The van der Waals surface area contributed by atoms with Crippen molar-refractivity contribution in [1.29, 1.82) is 0 Å². The zero-order valence-corrected chi connectivity index (χ0v) is 11.4. The number of piperidine rings is 1. The smallest absolute Gasteiger partial charge is 0.239 e. The van der Waals surface area contributed by atoms with Crippen LogP contribution in [0.15, 0.2) is 0 Å². The Morgan fingerprint density at radius 2 is 2.06 bits per heavy atom. The normalized spacial score (nSPS) is 24.6. The first kappa shape index (κ1) is 14.5. The highest BCUT2D eigenvalue weighted by molar-refractivity contribution is 5.82. The summed E-state index contributed by atoms with van der Waals surface area (Å²) in [4.78, 5) is 14.1. The predicted octanol–water partition coefficient (Wildman–Crippen LogP) is 1.26. The number of hydrogen-bond acceptors (Lipinski definition) is 3. The molecule has 0 aromatic heterocycles. The molecule has 1 saturated heterocycles. The molecule has 17 heavy (non-hydrogen) atoms. The largest absolute Gasteiger partial charge is 0.381 e. The maximum absolute atomic E-state index is 12.2. The standard InChI is InChI=1S/C13H26N2O2/c1-4-15(5-2)13(16)12-9-11(7-8-14-12)10-17-6-3/h11-12,14H,4-10H2,1-3H3. The fourth-order valence-electron chi connectivity index (χ4n) is 2.38. The van der Waals surface area contributed by atoms with Crippen LogP contribution in [0.3, 0.4) is 0 Å². The molecule has 1 N–H and O–H groups in total. The van der Waals surface area contributed by atoms with Crippen molar-refractivity contribution in [2.45, 2.75) is 39.7 Å². The van der Waals surface area contributed by atoms with Crippen molar-refractivity contribution in [1.82, 2.24) is 10.2 Å². The summed E-state index contributed by atoms with van der Waals surface area (Å²) in [6.07, 6.45) is 2.03. The number of nitrogens with one attached hydrogen (secondary N) is 1. The molecule has 4 heteroatoms. The Bertz CT molecular complexity index is 229. The molecule has 1 fully saturated rings. The summed E-state index contributed by atoms with van der Waals surface area (Å²) in [5, 5.41) is 3.33. The Labute approximate surface area is 105 Å². The highest BCUT2D eigenvalue weighted by Crippen LogP contribution is 2.18. The fraction of sp³-hybridized carbons (Fsp3) is 0.923. The average molecular weight is 242 g/mol. The molecular weight excluding hydrogens is 216 g/mol. The molecule has 1 aliphatic rings. The Hall–Kier alpha value is -0.610. The van der Waals surface area contributed by atoms with E-state index in [0.29, 0.717) is 5.92 Å². The van der Waals surface area contributed by atoms with Crippen LogP contribution >= 0.6 is 0 Å². The minimum atomic E-state index is -0.00546.